The first kappa shape index (κ1) is 21.8. The van der Waals surface area contributed by atoms with Gasteiger partial charge in [0.05, 0.1) is 19.7 Å². The number of carbonyl (C=O) groups is 1. The van der Waals surface area contributed by atoms with Crippen molar-refractivity contribution in [2.45, 2.75) is 26.4 Å². The molecule has 1 amide bonds. The summed E-state index contributed by atoms with van der Waals surface area (Å²) in [6, 6.07) is 16.6. The van der Waals surface area contributed by atoms with Crippen LogP contribution >= 0.6 is 0 Å². The molecule has 2 aromatic rings. The minimum absolute atomic E-state index is 0.00222. The smallest absolute Gasteiger partial charge is 0.239 e. The molecule has 1 atom stereocenters. The maximum absolute atomic E-state index is 12.2. The Bertz CT molecular complexity index is 867. The summed E-state index contributed by atoms with van der Waals surface area (Å²) in [5.74, 6) is 0.692. The summed E-state index contributed by atoms with van der Waals surface area (Å²) >= 11 is 0. The fourth-order valence-electron chi connectivity index (χ4n) is 3.76. The number of amides is 1. The average molecular weight is 409 g/mol. The SMILES string of the molecule is CN=C(NCC(=O)NCCc1ccccc1)N1CCOC(c2ccc(C)cc2C)C1. The molecule has 3 rings (SSSR count). The van der Waals surface area contributed by atoms with Gasteiger partial charge in [-0.15, -0.1) is 0 Å². The van der Waals surface area contributed by atoms with Gasteiger partial charge in [0.15, 0.2) is 5.96 Å². The highest BCUT2D eigenvalue weighted by Gasteiger charge is 2.25. The number of benzene rings is 2. The van der Waals surface area contributed by atoms with E-state index in [4.69, 9.17) is 4.74 Å². The minimum Gasteiger partial charge on any atom is -0.370 e. The molecule has 160 valence electrons. The lowest BCUT2D eigenvalue weighted by molar-refractivity contribution is -0.120. The molecule has 0 spiro atoms. The van der Waals surface area contributed by atoms with Gasteiger partial charge in [-0.1, -0.05) is 54.1 Å². The van der Waals surface area contributed by atoms with Crippen LogP contribution in [0.4, 0.5) is 0 Å². The van der Waals surface area contributed by atoms with E-state index in [-0.39, 0.29) is 18.6 Å². The van der Waals surface area contributed by atoms with Crippen molar-refractivity contribution < 1.29 is 9.53 Å². The Morgan fingerprint density at radius 3 is 2.70 bits per heavy atom. The standard InChI is InChI=1S/C24H32N4O2/c1-18-9-10-21(19(2)15-18)22-17-28(13-14-30-22)24(25-3)27-16-23(29)26-12-11-20-7-5-4-6-8-20/h4-10,15,22H,11-14,16-17H2,1-3H3,(H,25,27)(H,26,29). The monoisotopic (exact) mass is 408 g/mol. The van der Waals surface area contributed by atoms with Gasteiger partial charge in [-0.25, -0.2) is 0 Å². The van der Waals surface area contributed by atoms with Crippen LogP contribution in [-0.4, -0.2) is 56.6 Å². The highest BCUT2D eigenvalue weighted by Crippen LogP contribution is 2.25. The third-order valence-corrected chi connectivity index (χ3v) is 5.34. The second-order valence-corrected chi connectivity index (χ2v) is 7.65. The van der Waals surface area contributed by atoms with Gasteiger partial charge in [-0.2, -0.15) is 0 Å². The van der Waals surface area contributed by atoms with Crippen LogP contribution in [-0.2, 0) is 16.0 Å². The molecule has 1 fully saturated rings. The molecule has 0 saturated carbocycles. The van der Waals surface area contributed by atoms with E-state index in [2.05, 4.69) is 64.7 Å². The largest absolute Gasteiger partial charge is 0.370 e. The number of guanidine groups is 1. The van der Waals surface area contributed by atoms with Crippen LogP contribution in [0.3, 0.4) is 0 Å². The van der Waals surface area contributed by atoms with Crippen molar-refractivity contribution >= 4 is 11.9 Å². The van der Waals surface area contributed by atoms with E-state index in [1.165, 1.54) is 22.3 Å². The molecular formula is C24H32N4O2. The van der Waals surface area contributed by atoms with Crippen LogP contribution in [0.25, 0.3) is 0 Å². The Morgan fingerprint density at radius 2 is 1.97 bits per heavy atom. The molecule has 2 N–H and O–H groups in total. The maximum atomic E-state index is 12.2. The van der Waals surface area contributed by atoms with E-state index >= 15 is 0 Å². The molecule has 30 heavy (non-hydrogen) atoms. The Morgan fingerprint density at radius 1 is 1.17 bits per heavy atom. The number of hydrogen-bond acceptors (Lipinski definition) is 3. The van der Waals surface area contributed by atoms with E-state index in [0.29, 0.717) is 19.7 Å². The summed E-state index contributed by atoms with van der Waals surface area (Å²) in [5.41, 5.74) is 4.91. The van der Waals surface area contributed by atoms with Crippen LogP contribution in [0, 0.1) is 13.8 Å². The molecule has 0 radical (unpaired) electrons. The van der Waals surface area contributed by atoms with Crippen molar-refractivity contribution in [2.24, 2.45) is 4.99 Å². The number of nitrogens with one attached hydrogen (secondary N) is 2. The van der Waals surface area contributed by atoms with Gasteiger partial charge >= 0.3 is 0 Å². The molecule has 0 bridgehead atoms. The van der Waals surface area contributed by atoms with Gasteiger partial charge in [-0.05, 0) is 37.0 Å². The van der Waals surface area contributed by atoms with E-state index in [9.17, 15) is 4.79 Å². The molecule has 0 aromatic heterocycles. The van der Waals surface area contributed by atoms with Crippen molar-refractivity contribution in [3.63, 3.8) is 0 Å². The summed E-state index contributed by atoms with van der Waals surface area (Å²) in [7, 11) is 1.75. The summed E-state index contributed by atoms with van der Waals surface area (Å²) < 4.78 is 6.03. The number of rotatable bonds is 6. The molecule has 1 aliphatic rings. The average Bonchev–Trinajstić information content (AvgIpc) is 2.75. The van der Waals surface area contributed by atoms with Gasteiger partial charge in [0.2, 0.25) is 5.91 Å². The second-order valence-electron chi connectivity index (χ2n) is 7.65. The maximum Gasteiger partial charge on any atom is 0.239 e. The lowest BCUT2D eigenvalue weighted by Gasteiger charge is -2.35. The zero-order valence-electron chi connectivity index (χ0n) is 18.1. The Labute approximate surface area is 179 Å². The lowest BCUT2D eigenvalue weighted by atomic mass is 10.00. The number of aliphatic imine (C=N–C) groups is 1. The van der Waals surface area contributed by atoms with Crippen molar-refractivity contribution in [3.05, 3.63) is 70.8 Å². The molecule has 0 aliphatic carbocycles. The van der Waals surface area contributed by atoms with Crippen LogP contribution in [0.1, 0.15) is 28.4 Å². The van der Waals surface area contributed by atoms with Crippen LogP contribution in [0.2, 0.25) is 0 Å². The fraction of sp³-hybridized carbons (Fsp3) is 0.417. The number of hydrogen-bond donors (Lipinski definition) is 2. The Kier molecular flexibility index (Phi) is 7.85. The van der Waals surface area contributed by atoms with Crippen molar-refractivity contribution in [1.82, 2.24) is 15.5 Å². The quantitative estimate of drug-likeness (QED) is 0.570. The number of nitrogens with zero attached hydrogens (tertiary/aromatic N) is 2. The minimum atomic E-state index is -0.0359. The Hall–Kier alpha value is -2.86. The molecule has 1 unspecified atom stereocenters. The Balaban J connectivity index is 1.48. The first-order chi connectivity index (χ1) is 14.6. The lowest BCUT2D eigenvalue weighted by Crippen LogP contribution is -2.50. The summed E-state index contributed by atoms with van der Waals surface area (Å²) in [5, 5.41) is 6.15. The van der Waals surface area contributed by atoms with Crippen LogP contribution in [0.5, 0.6) is 0 Å². The van der Waals surface area contributed by atoms with Gasteiger partial charge in [0.1, 0.15) is 6.10 Å². The molecule has 1 heterocycles. The van der Waals surface area contributed by atoms with Crippen LogP contribution < -0.4 is 10.6 Å². The van der Waals surface area contributed by atoms with Crippen molar-refractivity contribution in [1.29, 1.82) is 0 Å². The van der Waals surface area contributed by atoms with E-state index in [1.54, 1.807) is 7.05 Å². The first-order valence-corrected chi connectivity index (χ1v) is 10.5. The normalized spacial score (nSPS) is 17.0. The molecular weight excluding hydrogens is 376 g/mol. The molecule has 6 nitrogen and oxygen atoms in total. The number of carbonyl (C=O) groups excluding carboxylic acids is 1. The third kappa shape index (κ3) is 6.07. The summed E-state index contributed by atoms with van der Waals surface area (Å²) in [6.07, 6.45) is 0.820. The van der Waals surface area contributed by atoms with Gasteiger partial charge in [0, 0.05) is 20.1 Å². The van der Waals surface area contributed by atoms with E-state index in [0.717, 1.165) is 18.9 Å². The van der Waals surface area contributed by atoms with E-state index < -0.39 is 0 Å². The predicted octanol–water partition coefficient (Wildman–Crippen LogP) is 2.61. The predicted molar refractivity (Wildman–Crippen MR) is 121 cm³/mol. The topological polar surface area (TPSA) is 66.0 Å². The van der Waals surface area contributed by atoms with Crippen molar-refractivity contribution in [2.75, 3.05) is 39.8 Å². The zero-order chi connectivity index (χ0) is 21.3. The highest BCUT2D eigenvalue weighted by molar-refractivity contribution is 5.86. The summed E-state index contributed by atoms with van der Waals surface area (Å²) in [6.45, 7) is 7.12. The first-order valence-electron chi connectivity index (χ1n) is 10.5. The number of ether oxygens (including phenoxy) is 1. The third-order valence-electron chi connectivity index (χ3n) is 5.34. The highest BCUT2D eigenvalue weighted by atomic mass is 16.5. The van der Waals surface area contributed by atoms with Crippen LogP contribution in [0.15, 0.2) is 53.5 Å². The second kappa shape index (κ2) is 10.8. The molecule has 1 aliphatic heterocycles. The number of aryl methyl sites for hydroxylation is 2. The van der Waals surface area contributed by atoms with Gasteiger partial charge < -0.3 is 20.3 Å². The summed E-state index contributed by atoms with van der Waals surface area (Å²) in [4.78, 5) is 18.8. The van der Waals surface area contributed by atoms with Gasteiger partial charge in [-0.3, -0.25) is 9.79 Å². The van der Waals surface area contributed by atoms with E-state index in [1.807, 2.05) is 18.2 Å². The molecule has 1 saturated heterocycles. The number of morpholine rings is 1. The molecule has 6 heteroatoms. The van der Waals surface area contributed by atoms with Gasteiger partial charge in [0.25, 0.3) is 0 Å². The zero-order valence-corrected chi connectivity index (χ0v) is 18.1. The fourth-order valence-corrected chi connectivity index (χ4v) is 3.76. The molecule has 2 aromatic carbocycles. The van der Waals surface area contributed by atoms with Crippen molar-refractivity contribution in [3.8, 4) is 0 Å².